The third-order valence-electron chi connectivity index (χ3n) is 7.71. The van der Waals surface area contributed by atoms with Gasteiger partial charge in [-0.25, -0.2) is 4.79 Å². The first-order valence-corrected chi connectivity index (χ1v) is 12.2. The van der Waals surface area contributed by atoms with Gasteiger partial charge < -0.3 is 19.7 Å². The van der Waals surface area contributed by atoms with Gasteiger partial charge in [0, 0.05) is 24.6 Å². The lowest BCUT2D eigenvalue weighted by molar-refractivity contribution is -0.140. The summed E-state index contributed by atoms with van der Waals surface area (Å²) in [5, 5.41) is 2.86. The quantitative estimate of drug-likeness (QED) is 0.536. The molecule has 1 aromatic rings. The molecule has 4 amide bonds. The van der Waals surface area contributed by atoms with Crippen molar-refractivity contribution in [1.29, 1.82) is 0 Å². The number of hydrogen-bond donors (Lipinski definition) is 1. The highest BCUT2D eigenvalue weighted by Crippen LogP contribution is 2.36. The van der Waals surface area contributed by atoms with E-state index in [1.807, 2.05) is 0 Å². The lowest BCUT2D eigenvalue weighted by Crippen LogP contribution is -2.50. The minimum atomic E-state index is -0.840. The molecule has 0 unspecified atom stereocenters. The van der Waals surface area contributed by atoms with E-state index >= 15 is 0 Å². The number of carbonyl (C=O) groups excluding carboxylic acids is 4. The molecule has 9 heteroatoms. The molecule has 3 fully saturated rings. The van der Waals surface area contributed by atoms with Crippen molar-refractivity contribution >= 4 is 23.6 Å². The average molecular weight is 470 g/mol. The van der Waals surface area contributed by atoms with E-state index in [0.29, 0.717) is 75.0 Å². The Morgan fingerprint density at radius 2 is 1.71 bits per heavy atom. The van der Waals surface area contributed by atoms with Gasteiger partial charge in [-0.05, 0) is 62.6 Å². The molecule has 0 radical (unpaired) electrons. The smallest absolute Gasteiger partial charge is 0.325 e. The number of hydrogen-bond acceptors (Lipinski definition) is 6. The van der Waals surface area contributed by atoms with Crippen LogP contribution in [0.15, 0.2) is 18.2 Å². The van der Waals surface area contributed by atoms with Crippen molar-refractivity contribution in [2.75, 3.05) is 32.8 Å². The minimum absolute atomic E-state index is 0.0339. The Morgan fingerprint density at radius 3 is 2.41 bits per heavy atom. The maximum absolute atomic E-state index is 13.0. The normalized spacial score (nSPS) is 27.1. The Hall–Kier alpha value is -3.10. The molecule has 34 heavy (non-hydrogen) atoms. The molecule has 0 atom stereocenters. The number of carbonyl (C=O) groups is 4. The van der Waals surface area contributed by atoms with Crippen molar-refractivity contribution < 1.29 is 28.7 Å². The lowest BCUT2D eigenvalue weighted by Gasteiger charge is -2.34. The number of piperidine rings is 1. The number of amides is 4. The third-order valence-corrected chi connectivity index (χ3v) is 7.71. The zero-order valence-electron chi connectivity index (χ0n) is 19.5. The zero-order chi connectivity index (χ0) is 23.9. The van der Waals surface area contributed by atoms with Crippen molar-refractivity contribution in [2.24, 2.45) is 11.8 Å². The fraction of sp³-hybridized carbons (Fsp3) is 0.600. The van der Waals surface area contributed by atoms with Gasteiger partial charge in [-0.3, -0.25) is 19.3 Å². The van der Waals surface area contributed by atoms with Gasteiger partial charge in [0.15, 0.2) is 17.3 Å². The number of nitrogens with one attached hydrogen (secondary N) is 1. The molecular weight excluding hydrogens is 438 g/mol. The highest BCUT2D eigenvalue weighted by molar-refractivity contribution is 6.09. The second kappa shape index (κ2) is 8.92. The number of urea groups is 1. The van der Waals surface area contributed by atoms with Gasteiger partial charge in [-0.15, -0.1) is 0 Å². The monoisotopic (exact) mass is 469 g/mol. The van der Waals surface area contributed by atoms with Crippen LogP contribution in [-0.2, 0) is 9.59 Å². The predicted molar refractivity (Wildman–Crippen MR) is 122 cm³/mol. The minimum Gasteiger partial charge on any atom is -0.486 e. The molecule has 0 bridgehead atoms. The summed E-state index contributed by atoms with van der Waals surface area (Å²) >= 11 is 0. The Bertz CT molecular complexity index is 1010. The number of Topliss-reactive ketones (excluding diaryl/α,β-unsaturated/α-hetero) is 1. The van der Waals surface area contributed by atoms with Gasteiger partial charge in [0.1, 0.15) is 25.3 Å². The highest BCUT2D eigenvalue weighted by atomic mass is 16.6. The van der Waals surface area contributed by atoms with Crippen LogP contribution in [0.4, 0.5) is 4.79 Å². The Kier molecular flexibility index (Phi) is 5.95. The van der Waals surface area contributed by atoms with E-state index in [1.54, 1.807) is 23.1 Å². The highest BCUT2D eigenvalue weighted by Gasteiger charge is 2.52. The average Bonchev–Trinajstić information content (AvgIpc) is 3.09. The number of ether oxygens (including phenoxy) is 2. The number of ketones is 1. The van der Waals surface area contributed by atoms with E-state index in [9.17, 15) is 19.2 Å². The summed E-state index contributed by atoms with van der Waals surface area (Å²) in [5.41, 5.74) is -0.257. The predicted octanol–water partition coefficient (Wildman–Crippen LogP) is 2.38. The maximum atomic E-state index is 13.0. The van der Waals surface area contributed by atoms with Crippen LogP contribution in [0.5, 0.6) is 11.5 Å². The van der Waals surface area contributed by atoms with E-state index in [2.05, 4.69) is 12.2 Å². The molecule has 5 rings (SSSR count). The number of fused-ring (bicyclic) bond motifs is 1. The molecule has 9 nitrogen and oxygen atoms in total. The first-order valence-electron chi connectivity index (χ1n) is 12.2. The summed E-state index contributed by atoms with van der Waals surface area (Å²) in [4.78, 5) is 54.2. The number of benzene rings is 1. The van der Waals surface area contributed by atoms with Crippen LogP contribution in [0.3, 0.4) is 0 Å². The summed E-state index contributed by atoms with van der Waals surface area (Å²) in [6, 6.07) is 4.77. The number of likely N-dealkylation sites (tertiary alicyclic amines) is 1. The SMILES string of the molecule is CC1CCC2(CC1)NC(=O)N(CC(=O)N1CCC(C(=O)c3ccc4c(c3)OCCO4)CC1)C2=O. The topological polar surface area (TPSA) is 105 Å². The molecule has 182 valence electrons. The number of nitrogens with zero attached hydrogens (tertiary/aromatic N) is 2. The standard InChI is InChI=1S/C25H31N3O6/c1-16-4-8-25(9-5-16)23(31)28(24(32)26-25)15-21(29)27-10-6-17(7-11-27)22(30)18-2-3-19-20(14-18)34-13-12-33-19/h2-3,14,16-17H,4-13,15H2,1H3,(H,26,32). The van der Waals surface area contributed by atoms with Gasteiger partial charge in [0.2, 0.25) is 5.91 Å². The first kappa shape index (κ1) is 22.7. The molecule has 1 saturated carbocycles. The lowest BCUT2D eigenvalue weighted by atomic mass is 9.77. The second-order valence-corrected chi connectivity index (χ2v) is 9.96. The molecule has 3 heterocycles. The number of imide groups is 1. The Balaban J connectivity index is 1.16. The van der Waals surface area contributed by atoms with Crippen molar-refractivity contribution in [3.8, 4) is 11.5 Å². The van der Waals surface area contributed by atoms with E-state index < -0.39 is 11.6 Å². The molecule has 1 N–H and O–H groups in total. The van der Waals surface area contributed by atoms with E-state index in [-0.39, 0.29) is 30.1 Å². The van der Waals surface area contributed by atoms with Crippen LogP contribution in [-0.4, -0.2) is 71.8 Å². The maximum Gasteiger partial charge on any atom is 0.325 e. The van der Waals surface area contributed by atoms with Crippen molar-refractivity contribution in [2.45, 2.75) is 51.0 Å². The van der Waals surface area contributed by atoms with Crippen molar-refractivity contribution in [3.63, 3.8) is 0 Å². The van der Waals surface area contributed by atoms with Crippen molar-refractivity contribution in [3.05, 3.63) is 23.8 Å². The van der Waals surface area contributed by atoms with Gasteiger partial charge >= 0.3 is 6.03 Å². The molecular formula is C25H31N3O6. The Labute approximate surface area is 198 Å². The van der Waals surface area contributed by atoms with Crippen LogP contribution in [0, 0.1) is 11.8 Å². The van der Waals surface area contributed by atoms with Gasteiger partial charge in [0.05, 0.1) is 0 Å². The summed E-state index contributed by atoms with van der Waals surface area (Å²) < 4.78 is 11.1. The van der Waals surface area contributed by atoms with E-state index in [4.69, 9.17) is 9.47 Å². The zero-order valence-corrected chi connectivity index (χ0v) is 19.5. The van der Waals surface area contributed by atoms with Crippen LogP contribution >= 0.6 is 0 Å². The van der Waals surface area contributed by atoms with Crippen LogP contribution in [0.25, 0.3) is 0 Å². The molecule has 1 aliphatic carbocycles. The molecule has 1 spiro atoms. The van der Waals surface area contributed by atoms with Crippen LogP contribution in [0.1, 0.15) is 55.8 Å². The van der Waals surface area contributed by atoms with Crippen molar-refractivity contribution in [1.82, 2.24) is 15.1 Å². The van der Waals surface area contributed by atoms with Crippen LogP contribution < -0.4 is 14.8 Å². The van der Waals surface area contributed by atoms with E-state index in [1.165, 1.54) is 0 Å². The van der Waals surface area contributed by atoms with Gasteiger partial charge in [-0.2, -0.15) is 0 Å². The summed E-state index contributed by atoms with van der Waals surface area (Å²) in [6.45, 7) is 3.71. The molecule has 0 aromatic heterocycles. The summed E-state index contributed by atoms with van der Waals surface area (Å²) in [6.07, 6.45) is 4.10. The summed E-state index contributed by atoms with van der Waals surface area (Å²) in [5.74, 6) is 1.09. The summed E-state index contributed by atoms with van der Waals surface area (Å²) in [7, 11) is 0. The first-order chi connectivity index (χ1) is 16.4. The largest absolute Gasteiger partial charge is 0.486 e. The van der Waals surface area contributed by atoms with E-state index in [0.717, 1.165) is 17.7 Å². The number of rotatable bonds is 4. The van der Waals surface area contributed by atoms with Gasteiger partial charge in [-0.1, -0.05) is 6.92 Å². The van der Waals surface area contributed by atoms with Crippen LogP contribution in [0.2, 0.25) is 0 Å². The fourth-order valence-electron chi connectivity index (χ4n) is 5.47. The van der Waals surface area contributed by atoms with Gasteiger partial charge in [0.25, 0.3) is 5.91 Å². The molecule has 4 aliphatic rings. The molecule has 3 aliphatic heterocycles. The Morgan fingerprint density at radius 1 is 1.03 bits per heavy atom. The second-order valence-electron chi connectivity index (χ2n) is 9.96. The fourth-order valence-corrected chi connectivity index (χ4v) is 5.47. The third kappa shape index (κ3) is 4.12. The molecule has 2 saturated heterocycles. The molecule has 1 aromatic carbocycles.